The molecule has 0 aliphatic carbocycles. The summed E-state index contributed by atoms with van der Waals surface area (Å²) < 4.78 is 11.4. The molecule has 1 aromatic carbocycles. The van der Waals surface area contributed by atoms with Gasteiger partial charge in [-0.15, -0.1) is 0 Å². The van der Waals surface area contributed by atoms with Crippen LogP contribution in [0.15, 0.2) is 12.1 Å². The third kappa shape index (κ3) is 1.99. The molecule has 0 radical (unpaired) electrons. The largest absolute Gasteiger partial charge is 0.484 e. The van der Waals surface area contributed by atoms with E-state index in [9.17, 15) is 0 Å². The molecule has 1 saturated heterocycles. The van der Waals surface area contributed by atoms with Crippen molar-refractivity contribution in [2.45, 2.75) is 13.0 Å². The fourth-order valence-electron chi connectivity index (χ4n) is 2.51. The molecule has 98 valence electrons. The smallest absolute Gasteiger partial charge is 0.186 e. The number of halogens is 1. The van der Waals surface area contributed by atoms with Crippen molar-refractivity contribution in [3.8, 4) is 11.5 Å². The maximum Gasteiger partial charge on any atom is 0.186 e. The number of benzene rings is 1. The molecule has 2 aliphatic heterocycles. The molecule has 0 bridgehead atoms. The minimum Gasteiger partial charge on any atom is -0.484 e. The standard InChI is InChI=1S/C13H17ClN2O2/c1-9-8-15-4-5-16(9)11-3-2-10(14)12-13(11)18-7-6-17-12/h2-3,9,15H,4-8H2,1H3. The molecule has 1 fully saturated rings. The number of fused-ring (bicyclic) bond motifs is 1. The molecular formula is C13H17ClN2O2. The van der Waals surface area contributed by atoms with E-state index in [4.69, 9.17) is 21.1 Å². The number of anilines is 1. The van der Waals surface area contributed by atoms with Gasteiger partial charge in [0, 0.05) is 25.7 Å². The van der Waals surface area contributed by atoms with Crippen LogP contribution < -0.4 is 19.7 Å². The first-order valence-electron chi connectivity index (χ1n) is 6.33. The lowest BCUT2D eigenvalue weighted by atomic mass is 10.1. The van der Waals surface area contributed by atoms with Crippen LogP contribution in [0.5, 0.6) is 11.5 Å². The SMILES string of the molecule is CC1CNCCN1c1ccc(Cl)c2c1OCCO2. The summed E-state index contributed by atoms with van der Waals surface area (Å²) in [6.07, 6.45) is 0. The van der Waals surface area contributed by atoms with Crippen LogP contribution in [-0.4, -0.2) is 38.9 Å². The highest BCUT2D eigenvalue weighted by atomic mass is 35.5. The first-order valence-corrected chi connectivity index (χ1v) is 6.70. The average molecular weight is 269 g/mol. The Morgan fingerprint density at radius 2 is 2.06 bits per heavy atom. The molecule has 0 amide bonds. The summed E-state index contributed by atoms with van der Waals surface area (Å²) in [6, 6.07) is 4.35. The third-order valence-corrected chi connectivity index (χ3v) is 3.73. The van der Waals surface area contributed by atoms with E-state index in [2.05, 4.69) is 17.1 Å². The molecule has 1 aromatic rings. The monoisotopic (exact) mass is 268 g/mol. The van der Waals surface area contributed by atoms with Gasteiger partial charge in [0.05, 0.1) is 10.7 Å². The highest BCUT2D eigenvalue weighted by molar-refractivity contribution is 6.32. The van der Waals surface area contributed by atoms with Gasteiger partial charge >= 0.3 is 0 Å². The average Bonchev–Trinajstić information content (AvgIpc) is 2.41. The lowest BCUT2D eigenvalue weighted by molar-refractivity contribution is 0.172. The molecule has 1 atom stereocenters. The van der Waals surface area contributed by atoms with E-state index in [0.29, 0.717) is 30.0 Å². The molecule has 2 aliphatic rings. The van der Waals surface area contributed by atoms with E-state index in [-0.39, 0.29) is 0 Å². The van der Waals surface area contributed by atoms with Gasteiger partial charge in [-0.3, -0.25) is 0 Å². The second kappa shape index (κ2) is 4.86. The zero-order chi connectivity index (χ0) is 12.5. The van der Waals surface area contributed by atoms with Crippen molar-refractivity contribution in [1.82, 2.24) is 5.32 Å². The summed E-state index contributed by atoms with van der Waals surface area (Å²) in [6.45, 7) is 6.30. The number of piperazine rings is 1. The van der Waals surface area contributed by atoms with Crippen molar-refractivity contribution in [1.29, 1.82) is 0 Å². The van der Waals surface area contributed by atoms with E-state index in [0.717, 1.165) is 31.1 Å². The summed E-state index contributed by atoms with van der Waals surface area (Å²) in [7, 11) is 0. The van der Waals surface area contributed by atoms with E-state index in [1.165, 1.54) is 0 Å². The van der Waals surface area contributed by atoms with Gasteiger partial charge in [0.1, 0.15) is 13.2 Å². The first kappa shape index (κ1) is 11.9. The van der Waals surface area contributed by atoms with Crippen molar-refractivity contribution in [2.75, 3.05) is 37.7 Å². The molecule has 0 saturated carbocycles. The van der Waals surface area contributed by atoms with Crippen LogP contribution in [0.25, 0.3) is 0 Å². The van der Waals surface area contributed by atoms with Crippen LogP contribution in [0, 0.1) is 0 Å². The predicted molar refractivity (Wildman–Crippen MR) is 72.1 cm³/mol. The van der Waals surface area contributed by atoms with Gasteiger partial charge < -0.3 is 19.7 Å². The highest BCUT2D eigenvalue weighted by Crippen LogP contribution is 2.45. The highest BCUT2D eigenvalue weighted by Gasteiger charge is 2.26. The van der Waals surface area contributed by atoms with Crippen LogP contribution in [0.3, 0.4) is 0 Å². The number of ether oxygens (including phenoxy) is 2. The van der Waals surface area contributed by atoms with Crippen LogP contribution in [0.4, 0.5) is 5.69 Å². The summed E-state index contributed by atoms with van der Waals surface area (Å²) in [5.41, 5.74) is 1.09. The van der Waals surface area contributed by atoms with Crippen molar-refractivity contribution in [2.24, 2.45) is 0 Å². The molecule has 1 N–H and O–H groups in total. The molecule has 0 spiro atoms. The number of hydrogen-bond donors (Lipinski definition) is 1. The number of rotatable bonds is 1. The van der Waals surface area contributed by atoms with Crippen molar-refractivity contribution in [3.05, 3.63) is 17.2 Å². The number of hydrogen-bond acceptors (Lipinski definition) is 4. The third-order valence-electron chi connectivity index (χ3n) is 3.43. The van der Waals surface area contributed by atoms with E-state index in [1.54, 1.807) is 0 Å². The maximum atomic E-state index is 6.15. The fourth-order valence-corrected chi connectivity index (χ4v) is 2.72. The van der Waals surface area contributed by atoms with Crippen LogP contribution in [0.2, 0.25) is 5.02 Å². The second-order valence-corrected chi connectivity index (χ2v) is 5.08. The predicted octanol–water partition coefficient (Wildman–Crippen LogP) is 1.91. The molecule has 0 aromatic heterocycles. The fraction of sp³-hybridized carbons (Fsp3) is 0.538. The quantitative estimate of drug-likeness (QED) is 0.844. The van der Waals surface area contributed by atoms with Gasteiger partial charge in [-0.25, -0.2) is 0 Å². The van der Waals surface area contributed by atoms with E-state index < -0.39 is 0 Å². The Hall–Kier alpha value is -1.13. The minimum absolute atomic E-state index is 0.439. The van der Waals surface area contributed by atoms with E-state index >= 15 is 0 Å². The lowest BCUT2D eigenvalue weighted by Crippen LogP contribution is -2.50. The first-order chi connectivity index (χ1) is 8.77. The van der Waals surface area contributed by atoms with Gasteiger partial charge in [0.15, 0.2) is 11.5 Å². The minimum atomic E-state index is 0.439. The molecule has 1 unspecified atom stereocenters. The van der Waals surface area contributed by atoms with Gasteiger partial charge in [-0.1, -0.05) is 11.6 Å². The second-order valence-electron chi connectivity index (χ2n) is 4.67. The van der Waals surface area contributed by atoms with Gasteiger partial charge in [-0.2, -0.15) is 0 Å². The maximum absolute atomic E-state index is 6.15. The Balaban J connectivity index is 2.01. The summed E-state index contributed by atoms with van der Waals surface area (Å²) >= 11 is 6.15. The van der Waals surface area contributed by atoms with Crippen molar-refractivity contribution in [3.63, 3.8) is 0 Å². The Labute approximate surface area is 112 Å². The summed E-state index contributed by atoms with van der Waals surface area (Å²) in [4.78, 5) is 2.35. The Bertz CT molecular complexity index is 453. The lowest BCUT2D eigenvalue weighted by Gasteiger charge is -2.37. The van der Waals surface area contributed by atoms with E-state index in [1.807, 2.05) is 12.1 Å². The van der Waals surface area contributed by atoms with Gasteiger partial charge in [0.25, 0.3) is 0 Å². The topological polar surface area (TPSA) is 33.7 Å². The molecule has 5 heteroatoms. The Morgan fingerprint density at radius 3 is 2.83 bits per heavy atom. The molecule has 4 nitrogen and oxygen atoms in total. The number of nitrogens with zero attached hydrogens (tertiary/aromatic N) is 1. The molecule has 3 rings (SSSR count). The molecule has 18 heavy (non-hydrogen) atoms. The number of nitrogens with one attached hydrogen (secondary N) is 1. The zero-order valence-electron chi connectivity index (χ0n) is 10.4. The van der Waals surface area contributed by atoms with Gasteiger partial charge in [0.2, 0.25) is 0 Å². The van der Waals surface area contributed by atoms with Crippen LogP contribution >= 0.6 is 11.6 Å². The summed E-state index contributed by atoms with van der Waals surface area (Å²) in [5.74, 6) is 1.48. The van der Waals surface area contributed by atoms with Crippen LogP contribution in [0.1, 0.15) is 6.92 Å². The van der Waals surface area contributed by atoms with Crippen LogP contribution in [-0.2, 0) is 0 Å². The van der Waals surface area contributed by atoms with Crippen molar-refractivity contribution >= 4 is 17.3 Å². The molecular weight excluding hydrogens is 252 g/mol. The summed E-state index contributed by atoms with van der Waals surface area (Å²) in [5, 5.41) is 4.01. The normalized spacial score (nSPS) is 23.0. The van der Waals surface area contributed by atoms with Crippen molar-refractivity contribution < 1.29 is 9.47 Å². The Morgan fingerprint density at radius 1 is 1.28 bits per heavy atom. The molecule has 2 heterocycles. The Kier molecular flexibility index (Phi) is 3.22. The zero-order valence-corrected chi connectivity index (χ0v) is 11.2. The van der Waals surface area contributed by atoms with Gasteiger partial charge in [-0.05, 0) is 19.1 Å².